The van der Waals surface area contributed by atoms with Crippen LogP contribution in [0, 0.1) is 5.92 Å². The predicted molar refractivity (Wildman–Crippen MR) is 80.3 cm³/mol. The highest BCUT2D eigenvalue weighted by molar-refractivity contribution is 6.30. The molecule has 0 heterocycles. The summed E-state index contributed by atoms with van der Waals surface area (Å²) in [6, 6.07) is 7.81. The van der Waals surface area contributed by atoms with Crippen molar-refractivity contribution in [2.75, 3.05) is 0 Å². The summed E-state index contributed by atoms with van der Waals surface area (Å²) in [5.74, 6) is 1.36. The van der Waals surface area contributed by atoms with E-state index in [-0.39, 0.29) is 5.92 Å². The Morgan fingerprint density at radius 3 is 2.26 bits per heavy atom. The van der Waals surface area contributed by atoms with Gasteiger partial charge in [-0.15, -0.1) is 0 Å². The number of halogens is 1. The molecular weight excluding hydrogens is 258 g/mol. The molecule has 19 heavy (non-hydrogen) atoms. The molecule has 0 radical (unpaired) electrons. The van der Waals surface area contributed by atoms with Crippen molar-refractivity contribution < 1.29 is 5.21 Å². The zero-order valence-electron chi connectivity index (χ0n) is 11.5. The van der Waals surface area contributed by atoms with Gasteiger partial charge in [0.05, 0.1) is 5.71 Å². The number of rotatable bonds is 1. The second-order valence-electron chi connectivity index (χ2n) is 5.62. The van der Waals surface area contributed by atoms with E-state index in [2.05, 4.69) is 12.1 Å². The van der Waals surface area contributed by atoms with E-state index in [9.17, 15) is 0 Å². The van der Waals surface area contributed by atoms with Crippen molar-refractivity contribution in [2.24, 2.45) is 11.1 Å². The summed E-state index contributed by atoms with van der Waals surface area (Å²) in [7, 11) is 0. The first kappa shape index (κ1) is 14.4. The number of hydrogen-bond donors (Lipinski definition) is 1. The lowest BCUT2D eigenvalue weighted by atomic mass is 9.82. The minimum Gasteiger partial charge on any atom is -0.411 e. The molecule has 0 spiro atoms. The van der Waals surface area contributed by atoms with Crippen LogP contribution in [-0.2, 0) is 0 Å². The third kappa shape index (κ3) is 4.54. The summed E-state index contributed by atoms with van der Waals surface area (Å²) >= 11 is 5.84. The Hall–Kier alpha value is -1.02. The van der Waals surface area contributed by atoms with Gasteiger partial charge in [0, 0.05) is 10.9 Å². The molecule has 1 aromatic carbocycles. The van der Waals surface area contributed by atoms with Crippen molar-refractivity contribution in [1.82, 2.24) is 0 Å². The molecule has 0 bridgehead atoms. The topological polar surface area (TPSA) is 32.6 Å². The second-order valence-corrected chi connectivity index (χ2v) is 6.06. The minimum absolute atomic E-state index is 0.279. The van der Waals surface area contributed by atoms with E-state index < -0.39 is 0 Å². The van der Waals surface area contributed by atoms with E-state index in [0.29, 0.717) is 0 Å². The number of nitrogens with zero attached hydrogens (tertiary/aromatic N) is 1. The van der Waals surface area contributed by atoms with Gasteiger partial charge in [-0.3, -0.25) is 0 Å². The highest BCUT2D eigenvalue weighted by Gasteiger charge is 2.22. The normalized spacial score (nSPS) is 24.7. The fourth-order valence-corrected chi connectivity index (χ4v) is 2.46. The summed E-state index contributed by atoms with van der Waals surface area (Å²) in [5, 5.41) is 13.1. The Balaban J connectivity index is 0.000000284. The maximum atomic E-state index is 8.94. The summed E-state index contributed by atoms with van der Waals surface area (Å²) < 4.78 is 0. The predicted octanol–water partition coefficient (Wildman–Crippen LogP) is 5.24. The summed E-state index contributed by atoms with van der Waals surface area (Å²) in [6.07, 6.45) is 7.28. The van der Waals surface area contributed by atoms with E-state index in [0.717, 1.165) is 35.9 Å². The molecule has 1 unspecified atom stereocenters. The highest BCUT2D eigenvalue weighted by Crippen LogP contribution is 2.31. The van der Waals surface area contributed by atoms with Crippen molar-refractivity contribution >= 4 is 17.3 Å². The maximum Gasteiger partial charge on any atom is 0.0645 e. The maximum absolute atomic E-state index is 8.94. The van der Waals surface area contributed by atoms with E-state index in [1.54, 1.807) is 0 Å². The lowest BCUT2D eigenvalue weighted by Gasteiger charge is -2.23. The number of hydrogen-bond acceptors (Lipinski definition) is 2. The minimum atomic E-state index is 0.279. The van der Waals surface area contributed by atoms with Gasteiger partial charge in [-0.2, -0.15) is 0 Å². The van der Waals surface area contributed by atoms with Crippen molar-refractivity contribution in [2.45, 2.75) is 51.4 Å². The summed E-state index contributed by atoms with van der Waals surface area (Å²) in [6.45, 7) is 2.28. The Kier molecular flexibility index (Phi) is 5.26. The van der Waals surface area contributed by atoms with Crippen LogP contribution in [0.3, 0.4) is 0 Å². The molecular formula is C16H22ClNO. The molecule has 0 amide bonds. The highest BCUT2D eigenvalue weighted by atomic mass is 35.5. The molecule has 2 fully saturated rings. The summed E-state index contributed by atoms with van der Waals surface area (Å²) in [4.78, 5) is 0. The Labute approximate surface area is 120 Å². The third-order valence-electron chi connectivity index (χ3n) is 3.84. The summed E-state index contributed by atoms with van der Waals surface area (Å²) in [5.41, 5.74) is 2.11. The van der Waals surface area contributed by atoms with Crippen molar-refractivity contribution in [3.05, 3.63) is 34.9 Å². The molecule has 2 aliphatic rings. The van der Waals surface area contributed by atoms with Crippen LogP contribution < -0.4 is 0 Å². The van der Waals surface area contributed by atoms with Gasteiger partial charge in [-0.1, -0.05) is 55.1 Å². The van der Waals surface area contributed by atoms with Crippen LogP contribution in [0.2, 0.25) is 5.02 Å². The van der Waals surface area contributed by atoms with Crippen LogP contribution in [0.4, 0.5) is 0 Å². The van der Waals surface area contributed by atoms with E-state index in [1.807, 2.05) is 24.3 Å². The van der Waals surface area contributed by atoms with Gasteiger partial charge in [0.15, 0.2) is 0 Å². The monoisotopic (exact) mass is 279 g/mol. The smallest absolute Gasteiger partial charge is 0.0645 e. The molecule has 1 aromatic rings. The molecule has 104 valence electrons. The van der Waals surface area contributed by atoms with Crippen LogP contribution >= 0.6 is 11.6 Å². The van der Waals surface area contributed by atoms with E-state index in [4.69, 9.17) is 16.8 Å². The van der Waals surface area contributed by atoms with Crippen LogP contribution in [0.1, 0.15) is 56.9 Å². The first-order valence-electron chi connectivity index (χ1n) is 7.17. The van der Waals surface area contributed by atoms with Gasteiger partial charge in [0.1, 0.15) is 0 Å². The van der Waals surface area contributed by atoms with Gasteiger partial charge >= 0.3 is 0 Å². The Morgan fingerprint density at radius 2 is 1.74 bits per heavy atom. The quantitative estimate of drug-likeness (QED) is 0.553. The average molecular weight is 280 g/mol. The lowest BCUT2D eigenvalue weighted by molar-refractivity contribution is 0.312. The number of oxime groups is 1. The Bertz CT molecular complexity index is 423. The number of benzene rings is 1. The molecule has 3 rings (SSSR count). The first-order chi connectivity index (χ1) is 9.20. The van der Waals surface area contributed by atoms with Crippen molar-refractivity contribution in [3.63, 3.8) is 0 Å². The zero-order chi connectivity index (χ0) is 13.7. The molecule has 3 heteroatoms. The largest absolute Gasteiger partial charge is 0.411 e. The molecule has 2 nitrogen and oxygen atoms in total. The van der Waals surface area contributed by atoms with E-state index in [1.165, 1.54) is 24.8 Å². The SMILES string of the molecule is CC1CC1.ON=C1CCCCC1c1ccc(Cl)cc1. The van der Waals surface area contributed by atoms with Gasteiger partial charge in [-0.25, -0.2) is 0 Å². The first-order valence-corrected chi connectivity index (χ1v) is 7.54. The van der Waals surface area contributed by atoms with Crippen LogP contribution in [-0.4, -0.2) is 10.9 Å². The molecule has 2 aliphatic carbocycles. The van der Waals surface area contributed by atoms with Crippen LogP contribution in [0.25, 0.3) is 0 Å². The van der Waals surface area contributed by atoms with Gasteiger partial charge in [0.2, 0.25) is 0 Å². The fraction of sp³-hybridized carbons (Fsp3) is 0.562. The third-order valence-corrected chi connectivity index (χ3v) is 4.10. The van der Waals surface area contributed by atoms with Crippen molar-refractivity contribution in [3.8, 4) is 0 Å². The van der Waals surface area contributed by atoms with Gasteiger partial charge < -0.3 is 5.21 Å². The zero-order valence-corrected chi connectivity index (χ0v) is 12.2. The molecule has 0 saturated heterocycles. The molecule has 1 atom stereocenters. The van der Waals surface area contributed by atoms with Gasteiger partial charge in [0.25, 0.3) is 0 Å². The van der Waals surface area contributed by atoms with E-state index >= 15 is 0 Å². The second kappa shape index (κ2) is 6.95. The molecule has 0 aliphatic heterocycles. The molecule has 1 N–H and O–H groups in total. The standard InChI is InChI=1S/C12H14ClNO.C4H8/c13-10-7-5-9(6-8-10)11-3-1-2-4-12(11)14-15;1-4-2-3-4/h5-8,11,15H,1-4H2;4H,2-3H2,1H3. The lowest BCUT2D eigenvalue weighted by Crippen LogP contribution is -2.17. The van der Waals surface area contributed by atoms with Crippen LogP contribution in [0.5, 0.6) is 0 Å². The molecule has 2 saturated carbocycles. The fourth-order valence-electron chi connectivity index (χ4n) is 2.34. The average Bonchev–Trinajstić information content (AvgIpc) is 3.23. The van der Waals surface area contributed by atoms with Crippen LogP contribution in [0.15, 0.2) is 29.4 Å². The van der Waals surface area contributed by atoms with Crippen molar-refractivity contribution in [1.29, 1.82) is 0 Å². The van der Waals surface area contributed by atoms with Gasteiger partial charge in [-0.05, 0) is 42.9 Å². The Morgan fingerprint density at radius 1 is 1.11 bits per heavy atom. The molecule has 0 aromatic heterocycles.